The molecule has 1 aliphatic carbocycles. The molecule has 1 aromatic rings. The standard InChI is InChI=1S/C38H57N3O5/c1-28-19-29(2)21-30(20-28)26-39-13-9-7-11-32-25-38(3,4)34-23-31(22-33(43-5)24-35(34)44-6)27-41(32)37(42)40(15-14-39)16-18-46-36-12-8-10-17-45-36/h19-22,24-25,31,34,36H,7-18,23,26-27H2,1-6H3/b32-25-. The van der Waals surface area contributed by atoms with E-state index in [0.29, 0.717) is 26.2 Å². The minimum atomic E-state index is -0.215. The van der Waals surface area contributed by atoms with Crippen molar-refractivity contribution in [3.8, 4) is 0 Å². The van der Waals surface area contributed by atoms with Gasteiger partial charge in [0, 0.05) is 57.0 Å². The molecule has 2 bridgehead atoms. The maximum absolute atomic E-state index is 14.8. The molecule has 2 amide bonds. The number of amides is 2. The minimum Gasteiger partial charge on any atom is -0.501 e. The summed E-state index contributed by atoms with van der Waals surface area (Å²) < 4.78 is 23.7. The molecule has 0 radical (unpaired) electrons. The number of methoxy groups -OCH3 is 2. The number of benzene rings is 1. The van der Waals surface area contributed by atoms with Crippen molar-refractivity contribution in [2.45, 2.75) is 85.5 Å². The van der Waals surface area contributed by atoms with Gasteiger partial charge in [0.2, 0.25) is 0 Å². The predicted octanol–water partition coefficient (Wildman–Crippen LogP) is 7.18. The van der Waals surface area contributed by atoms with Crippen LogP contribution in [0.1, 0.15) is 75.5 Å². The Balaban J connectivity index is 1.44. The van der Waals surface area contributed by atoms with E-state index in [2.05, 4.69) is 67.8 Å². The number of nitrogens with zero attached hydrogens (tertiary/aromatic N) is 3. The molecule has 254 valence electrons. The summed E-state index contributed by atoms with van der Waals surface area (Å²) in [5.41, 5.74) is 4.84. The van der Waals surface area contributed by atoms with Crippen molar-refractivity contribution in [2.24, 2.45) is 17.3 Å². The van der Waals surface area contributed by atoms with Gasteiger partial charge in [-0.25, -0.2) is 4.79 Å². The average molecular weight is 636 g/mol. The van der Waals surface area contributed by atoms with Gasteiger partial charge in [0.25, 0.3) is 0 Å². The monoisotopic (exact) mass is 635 g/mol. The largest absolute Gasteiger partial charge is 0.501 e. The van der Waals surface area contributed by atoms with Crippen LogP contribution in [0.2, 0.25) is 0 Å². The van der Waals surface area contributed by atoms with Crippen LogP contribution in [0.25, 0.3) is 0 Å². The van der Waals surface area contributed by atoms with Gasteiger partial charge in [0.15, 0.2) is 6.29 Å². The number of ether oxygens (including phenoxy) is 4. The van der Waals surface area contributed by atoms with Crippen molar-refractivity contribution in [3.05, 3.63) is 70.3 Å². The molecule has 8 nitrogen and oxygen atoms in total. The first-order valence-electron chi connectivity index (χ1n) is 17.5. The lowest BCUT2D eigenvalue weighted by Crippen LogP contribution is -2.49. The summed E-state index contributed by atoms with van der Waals surface area (Å²) in [7, 11) is 3.47. The number of rotatable bonds is 8. The molecule has 3 heterocycles. The number of carbonyl (C=O) groups excluding carboxylic acids is 1. The Hall–Kier alpha value is -2.81. The zero-order valence-electron chi connectivity index (χ0n) is 29.2. The normalized spacial score (nSPS) is 27.5. The van der Waals surface area contributed by atoms with Gasteiger partial charge in [-0.2, -0.15) is 0 Å². The highest BCUT2D eigenvalue weighted by Crippen LogP contribution is 2.45. The van der Waals surface area contributed by atoms with Crippen LogP contribution in [0.15, 0.2) is 53.6 Å². The summed E-state index contributed by atoms with van der Waals surface area (Å²) in [5, 5.41) is 0. The third-order valence-corrected chi connectivity index (χ3v) is 10.1. The zero-order chi connectivity index (χ0) is 32.7. The van der Waals surface area contributed by atoms with Gasteiger partial charge in [0.1, 0.15) is 11.5 Å². The van der Waals surface area contributed by atoms with Gasteiger partial charge in [-0.15, -0.1) is 0 Å². The highest BCUT2D eigenvalue weighted by atomic mass is 16.7. The van der Waals surface area contributed by atoms with Crippen LogP contribution < -0.4 is 0 Å². The Kier molecular flexibility index (Phi) is 11.9. The second kappa shape index (κ2) is 15.9. The SMILES string of the molecule is COC1=CC2CC(C(OC)=C1)C(C)(C)/C=C1/CCCCN(Cc3cc(C)cc(C)c3)CCN(CCOC3CCCCO3)C(=O)N1C2. The van der Waals surface area contributed by atoms with Crippen molar-refractivity contribution >= 4 is 6.03 Å². The molecule has 0 spiro atoms. The second-order valence-corrected chi connectivity index (χ2v) is 14.3. The van der Waals surface area contributed by atoms with Crippen molar-refractivity contribution in [1.82, 2.24) is 14.7 Å². The first-order chi connectivity index (χ1) is 22.1. The molecule has 0 aromatic heterocycles. The molecule has 5 rings (SSSR count). The maximum Gasteiger partial charge on any atom is 0.324 e. The van der Waals surface area contributed by atoms with Gasteiger partial charge >= 0.3 is 6.03 Å². The summed E-state index contributed by atoms with van der Waals surface area (Å²) in [6.45, 7) is 14.6. The van der Waals surface area contributed by atoms with Crippen molar-refractivity contribution in [1.29, 1.82) is 0 Å². The quantitative estimate of drug-likeness (QED) is 0.302. The van der Waals surface area contributed by atoms with E-state index in [4.69, 9.17) is 18.9 Å². The van der Waals surface area contributed by atoms with Crippen LogP contribution in [0.3, 0.4) is 0 Å². The fraction of sp³-hybridized carbons (Fsp3) is 0.658. The van der Waals surface area contributed by atoms with E-state index >= 15 is 0 Å². The molecule has 3 unspecified atom stereocenters. The fourth-order valence-electron chi connectivity index (χ4n) is 7.70. The third-order valence-electron chi connectivity index (χ3n) is 10.1. The highest BCUT2D eigenvalue weighted by molar-refractivity contribution is 5.76. The van der Waals surface area contributed by atoms with E-state index < -0.39 is 0 Å². The Morgan fingerprint density at radius 3 is 2.50 bits per heavy atom. The average Bonchev–Trinajstić information content (AvgIpc) is 3.22. The van der Waals surface area contributed by atoms with Crippen molar-refractivity contribution in [2.75, 3.05) is 60.2 Å². The number of allylic oxidation sites excluding steroid dienone is 4. The van der Waals surface area contributed by atoms with Crippen molar-refractivity contribution in [3.63, 3.8) is 0 Å². The molecule has 3 atom stereocenters. The molecule has 4 aliphatic rings. The predicted molar refractivity (Wildman–Crippen MR) is 182 cm³/mol. The van der Waals surface area contributed by atoms with Crippen LogP contribution in [-0.2, 0) is 25.5 Å². The molecule has 8 heteroatoms. The number of aryl methyl sites for hydroxylation is 2. The molecular weight excluding hydrogens is 578 g/mol. The molecule has 2 fully saturated rings. The van der Waals surface area contributed by atoms with E-state index in [0.717, 1.165) is 88.4 Å². The van der Waals surface area contributed by atoms with Gasteiger partial charge in [-0.1, -0.05) is 49.2 Å². The van der Waals surface area contributed by atoms with Gasteiger partial charge in [-0.05, 0) is 88.3 Å². The lowest BCUT2D eigenvalue weighted by molar-refractivity contribution is -0.163. The number of urea groups is 1. The summed E-state index contributed by atoms with van der Waals surface area (Å²) in [6.07, 6.45) is 13.4. The van der Waals surface area contributed by atoms with E-state index in [1.54, 1.807) is 14.2 Å². The summed E-state index contributed by atoms with van der Waals surface area (Å²) in [6, 6.07) is 6.89. The fourth-order valence-corrected chi connectivity index (χ4v) is 7.70. The zero-order valence-corrected chi connectivity index (χ0v) is 29.2. The molecule has 0 N–H and O–H groups in total. The molecule has 2 saturated heterocycles. The molecule has 46 heavy (non-hydrogen) atoms. The van der Waals surface area contributed by atoms with Gasteiger partial charge in [0.05, 0.1) is 20.8 Å². The summed E-state index contributed by atoms with van der Waals surface area (Å²) in [4.78, 5) is 21.4. The molecule has 0 saturated carbocycles. The van der Waals surface area contributed by atoms with Gasteiger partial charge < -0.3 is 23.8 Å². The smallest absolute Gasteiger partial charge is 0.324 e. The second-order valence-electron chi connectivity index (χ2n) is 14.3. The van der Waals surface area contributed by atoms with E-state index in [1.165, 1.54) is 16.7 Å². The lowest BCUT2D eigenvalue weighted by atomic mass is 9.72. The Bertz CT molecular complexity index is 1260. The van der Waals surface area contributed by atoms with E-state index in [1.807, 2.05) is 11.0 Å². The number of hydrogen-bond donors (Lipinski definition) is 0. The summed E-state index contributed by atoms with van der Waals surface area (Å²) >= 11 is 0. The van der Waals surface area contributed by atoms with Crippen LogP contribution >= 0.6 is 0 Å². The topological polar surface area (TPSA) is 63.7 Å². The van der Waals surface area contributed by atoms with Crippen LogP contribution in [0.4, 0.5) is 4.79 Å². The lowest BCUT2D eigenvalue weighted by Gasteiger charge is -2.41. The molecule has 3 aliphatic heterocycles. The minimum absolute atomic E-state index is 0.0680. The summed E-state index contributed by atoms with van der Waals surface area (Å²) in [5.74, 6) is 2.06. The first kappa shape index (κ1) is 34.5. The highest BCUT2D eigenvalue weighted by Gasteiger charge is 2.40. The first-order valence-corrected chi connectivity index (χ1v) is 17.5. The number of hydrogen-bond acceptors (Lipinski definition) is 6. The van der Waals surface area contributed by atoms with Crippen LogP contribution in [0, 0.1) is 31.1 Å². The number of carbonyl (C=O) groups is 1. The van der Waals surface area contributed by atoms with E-state index in [9.17, 15) is 4.79 Å². The van der Waals surface area contributed by atoms with Gasteiger partial charge in [-0.3, -0.25) is 9.80 Å². The Labute approximate surface area is 277 Å². The maximum atomic E-state index is 14.8. The van der Waals surface area contributed by atoms with Crippen LogP contribution in [0.5, 0.6) is 0 Å². The Morgan fingerprint density at radius 2 is 1.78 bits per heavy atom. The van der Waals surface area contributed by atoms with Crippen molar-refractivity contribution < 1.29 is 23.7 Å². The number of fused-ring (bicyclic) bond motifs is 3. The molecular formula is C38H57N3O5. The van der Waals surface area contributed by atoms with E-state index in [-0.39, 0.29) is 29.6 Å². The Morgan fingerprint density at radius 1 is 0.978 bits per heavy atom. The van der Waals surface area contributed by atoms with Crippen LogP contribution in [-0.4, -0.2) is 87.2 Å². The third kappa shape index (κ3) is 8.96. The molecule has 1 aromatic carbocycles.